The number of halogens is 1. The molecule has 0 spiro atoms. The van der Waals surface area contributed by atoms with E-state index in [1.54, 1.807) is 0 Å². The Morgan fingerprint density at radius 3 is 2.24 bits per heavy atom. The van der Waals surface area contributed by atoms with Gasteiger partial charge in [-0.2, -0.15) is 0 Å². The van der Waals surface area contributed by atoms with E-state index in [1.807, 2.05) is 0 Å². The molecule has 1 aliphatic heterocycles. The Morgan fingerprint density at radius 1 is 0.941 bits per heavy atom. The summed E-state index contributed by atoms with van der Waals surface area (Å²) in [5.41, 5.74) is 2.93. The Morgan fingerprint density at radius 2 is 1.59 bits per heavy atom. The molecule has 1 aromatic rings. The maximum atomic E-state index is 2.63. The molecule has 1 nitrogen and oxygen atoms in total. The minimum Gasteiger partial charge on any atom is -0.303 e. The highest BCUT2D eigenvalue weighted by molar-refractivity contribution is 14.1. The maximum absolute atomic E-state index is 2.63. The van der Waals surface area contributed by atoms with Crippen LogP contribution in [0.1, 0.15) is 36.8 Å². The van der Waals surface area contributed by atoms with Crippen molar-refractivity contribution in [1.82, 2.24) is 4.90 Å². The van der Waals surface area contributed by atoms with E-state index in [9.17, 15) is 0 Å². The molecule has 0 N–H and O–H groups in total. The second-order valence-corrected chi connectivity index (χ2v) is 5.72. The second-order valence-electron chi connectivity index (χ2n) is 4.96. The van der Waals surface area contributed by atoms with Crippen LogP contribution in [0.2, 0.25) is 0 Å². The molecule has 1 aliphatic rings. The van der Waals surface area contributed by atoms with Crippen LogP contribution in [0.3, 0.4) is 0 Å². The maximum Gasteiger partial charge on any atom is 0.0247 e. The molecule has 1 aromatic carbocycles. The van der Waals surface area contributed by atoms with Gasteiger partial charge in [0.25, 0.3) is 0 Å². The first-order valence-electron chi connectivity index (χ1n) is 6.74. The van der Waals surface area contributed by atoms with Crippen molar-refractivity contribution in [3.63, 3.8) is 0 Å². The molecule has 0 atom stereocenters. The minimum absolute atomic E-state index is 1.12. The zero-order valence-corrected chi connectivity index (χ0v) is 12.7. The molecule has 0 bridgehead atoms. The second kappa shape index (κ2) is 7.37. The van der Waals surface area contributed by atoms with Crippen molar-refractivity contribution in [1.29, 1.82) is 0 Å². The van der Waals surface area contributed by atoms with Gasteiger partial charge in [0.1, 0.15) is 0 Å². The van der Waals surface area contributed by atoms with Gasteiger partial charge in [-0.25, -0.2) is 0 Å². The van der Waals surface area contributed by atoms with Crippen LogP contribution in [0.15, 0.2) is 24.3 Å². The number of piperidine rings is 1. The fourth-order valence-electron chi connectivity index (χ4n) is 2.48. The van der Waals surface area contributed by atoms with E-state index < -0.39 is 0 Å². The number of benzene rings is 1. The van der Waals surface area contributed by atoms with E-state index in [4.69, 9.17) is 0 Å². The van der Waals surface area contributed by atoms with E-state index in [0.717, 1.165) is 4.43 Å². The fraction of sp³-hybridized carbons (Fsp3) is 0.600. The number of aryl methyl sites for hydroxylation is 1. The lowest BCUT2D eigenvalue weighted by atomic mass is 10.1. The summed E-state index contributed by atoms with van der Waals surface area (Å²) >= 11 is 2.42. The van der Waals surface area contributed by atoms with Gasteiger partial charge in [0.05, 0.1) is 0 Å². The molecular weight excluding hydrogens is 321 g/mol. The molecule has 0 saturated carbocycles. The number of nitrogens with zero attached hydrogens (tertiary/aromatic N) is 1. The van der Waals surface area contributed by atoms with Crippen molar-refractivity contribution in [2.45, 2.75) is 36.5 Å². The Hall–Kier alpha value is -0.0900. The highest BCUT2D eigenvalue weighted by Gasteiger charge is 2.08. The van der Waals surface area contributed by atoms with Gasteiger partial charge >= 0.3 is 0 Å². The lowest BCUT2D eigenvalue weighted by Crippen LogP contribution is -2.30. The van der Waals surface area contributed by atoms with Gasteiger partial charge in [-0.15, -0.1) is 0 Å². The molecule has 17 heavy (non-hydrogen) atoms. The number of hydrogen-bond donors (Lipinski definition) is 0. The number of likely N-dealkylation sites (tertiary alicyclic amines) is 1. The molecular formula is C15H22IN. The van der Waals surface area contributed by atoms with Crippen molar-refractivity contribution >= 4 is 22.6 Å². The first-order valence-corrected chi connectivity index (χ1v) is 8.27. The first-order chi connectivity index (χ1) is 8.38. The molecule has 0 radical (unpaired) electrons. The molecule has 0 amide bonds. The topological polar surface area (TPSA) is 3.24 Å². The minimum atomic E-state index is 1.12. The van der Waals surface area contributed by atoms with E-state index in [2.05, 4.69) is 51.8 Å². The van der Waals surface area contributed by atoms with E-state index in [0.29, 0.717) is 0 Å². The smallest absolute Gasteiger partial charge is 0.0247 e. The zero-order chi connectivity index (χ0) is 11.9. The van der Waals surface area contributed by atoms with Crippen LogP contribution in [0, 0.1) is 0 Å². The van der Waals surface area contributed by atoms with Gasteiger partial charge in [0, 0.05) is 4.43 Å². The lowest BCUT2D eigenvalue weighted by Gasteiger charge is -2.26. The zero-order valence-electron chi connectivity index (χ0n) is 10.5. The van der Waals surface area contributed by atoms with Gasteiger partial charge in [-0.1, -0.05) is 53.3 Å². The first kappa shape index (κ1) is 13.3. The van der Waals surface area contributed by atoms with Gasteiger partial charge in [-0.3, -0.25) is 0 Å². The Bertz CT molecular complexity index is 314. The highest BCUT2D eigenvalue weighted by atomic mass is 127. The van der Waals surface area contributed by atoms with Crippen LogP contribution in [0.4, 0.5) is 0 Å². The highest BCUT2D eigenvalue weighted by Crippen LogP contribution is 2.12. The van der Waals surface area contributed by atoms with Crippen molar-refractivity contribution < 1.29 is 0 Å². The summed E-state index contributed by atoms with van der Waals surface area (Å²) in [5, 5.41) is 0. The molecule has 2 rings (SSSR count). The van der Waals surface area contributed by atoms with Crippen LogP contribution < -0.4 is 0 Å². The fourth-order valence-corrected chi connectivity index (χ4v) is 2.99. The summed E-state index contributed by atoms with van der Waals surface area (Å²) in [6.45, 7) is 3.94. The molecule has 0 aliphatic carbocycles. The predicted octanol–water partition coefficient (Wildman–Crippen LogP) is 4.04. The van der Waals surface area contributed by atoms with E-state index in [1.165, 1.54) is 62.9 Å². The van der Waals surface area contributed by atoms with Crippen LogP contribution in [-0.4, -0.2) is 24.5 Å². The van der Waals surface area contributed by atoms with E-state index in [-0.39, 0.29) is 0 Å². The molecule has 94 valence electrons. The molecule has 1 heterocycles. The third-order valence-corrected chi connectivity index (χ3v) is 4.45. The largest absolute Gasteiger partial charge is 0.303 e. The van der Waals surface area contributed by atoms with Crippen LogP contribution >= 0.6 is 22.6 Å². The van der Waals surface area contributed by atoms with Gasteiger partial charge in [0.15, 0.2) is 0 Å². The molecule has 2 heteroatoms. The average molecular weight is 343 g/mol. The molecule has 0 aromatic heterocycles. The van der Waals surface area contributed by atoms with E-state index >= 15 is 0 Å². The SMILES string of the molecule is ICc1ccc(CCCN2CCCCC2)cc1. The molecule has 1 fully saturated rings. The standard InChI is InChI=1S/C15H22IN/c16-13-15-8-6-14(7-9-15)5-4-12-17-10-2-1-3-11-17/h6-9H,1-5,10-13H2. The van der Waals surface area contributed by atoms with Crippen LogP contribution in [-0.2, 0) is 10.8 Å². The van der Waals surface area contributed by atoms with Crippen molar-refractivity contribution in [3.05, 3.63) is 35.4 Å². The number of alkyl halides is 1. The normalized spacial score (nSPS) is 17.2. The summed E-state index contributed by atoms with van der Waals surface area (Å²) in [6, 6.07) is 9.12. The third kappa shape index (κ3) is 4.59. The Labute approximate surface area is 119 Å². The Balaban J connectivity index is 1.69. The molecule has 0 unspecified atom stereocenters. The number of hydrogen-bond acceptors (Lipinski definition) is 1. The van der Waals surface area contributed by atoms with Crippen molar-refractivity contribution in [2.75, 3.05) is 19.6 Å². The summed E-state index contributed by atoms with van der Waals surface area (Å²) in [6.07, 6.45) is 6.80. The van der Waals surface area contributed by atoms with Crippen LogP contribution in [0.25, 0.3) is 0 Å². The summed E-state index contributed by atoms with van der Waals surface area (Å²) < 4.78 is 1.12. The predicted molar refractivity (Wildman–Crippen MR) is 82.8 cm³/mol. The van der Waals surface area contributed by atoms with Gasteiger partial charge in [0.2, 0.25) is 0 Å². The van der Waals surface area contributed by atoms with Gasteiger partial charge < -0.3 is 4.90 Å². The molecule has 1 saturated heterocycles. The quantitative estimate of drug-likeness (QED) is 0.576. The average Bonchev–Trinajstić information content (AvgIpc) is 2.41. The monoisotopic (exact) mass is 343 g/mol. The summed E-state index contributed by atoms with van der Waals surface area (Å²) in [4.78, 5) is 2.63. The van der Waals surface area contributed by atoms with Gasteiger partial charge in [-0.05, 0) is 56.4 Å². The Kier molecular flexibility index (Phi) is 5.78. The van der Waals surface area contributed by atoms with Crippen molar-refractivity contribution in [3.8, 4) is 0 Å². The van der Waals surface area contributed by atoms with Crippen LogP contribution in [0.5, 0.6) is 0 Å². The van der Waals surface area contributed by atoms with Crippen molar-refractivity contribution in [2.24, 2.45) is 0 Å². The summed E-state index contributed by atoms with van der Waals surface area (Å²) in [5.74, 6) is 0. The number of rotatable bonds is 5. The third-order valence-electron chi connectivity index (χ3n) is 3.57. The lowest BCUT2D eigenvalue weighted by molar-refractivity contribution is 0.226. The summed E-state index contributed by atoms with van der Waals surface area (Å²) in [7, 11) is 0.